The summed E-state index contributed by atoms with van der Waals surface area (Å²) in [4.78, 5) is 11.6. The fraction of sp³-hybridized carbons (Fsp3) is 0.636. The summed E-state index contributed by atoms with van der Waals surface area (Å²) in [5, 5.41) is 7.30. The summed E-state index contributed by atoms with van der Waals surface area (Å²) in [5.41, 5.74) is 0.873. The lowest BCUT2D eigenvalue weighted by atomic mass is 10.1. The van der Waals surface area contributed by atoms with Gasteiger partial charge in [0.15, 0.2) is 0 Å². The van der Waals surface area contributed by atoms with Gasteiger partial charge in [-0.15, -0.1) is 0 Å². The predicted octanol–water partition coefficient (Wildman–Crippen LogP) is 0.796. The first-order chi connectivity index (χ1) is 7.04. The van der Waals surface area contributed by atoms with Gasteiger partial charge in [-0.1, -0.05) is 13.8 Å². The molecule has 0 aliphatic heterocycles. The molecule has 0 spiro atoms. The zero-order valence-electron chi connectivity index (χ0n) is 9.82. The minimum absolute atomic E-state index is 0.0316. The molecule has 0 amide bonds. The van der Waals surface area contributed by atoms with Crippen LogP contribution in [0.3, 0.4) is 0 Å². The Bertz CT molecular complexity index is 370. The minimum atomic E-state index is -0.0316. The average molecular weight is 209 g/mol. The molecular weight excluding hydrogens is 190 g/mol. The molecule has 0 aromatic carbocycles. The van der Waals surface area contributed by atoms with E-state index in [2.05, 4.69) is 24.3 Å². The largest absolute Gasteiger partial charge is 0.315 e. The molecule has 4 nitrogen and oxygen atoms in total. The fourth-order valence-electron chi connectivity index (χ4n) is 1.48. The molecule has 0 radical (unpaired) electrons. The van der Waals surface area contributed by atoms with Gasteiger partial charge in [0.05, 0.1) is 12.7 Å². The Kier molecular flexibility index (Phi) is 4.03. The zero-order valence-corrected chi connectivity index (χ0v) is 9.82. The standard InChI is InChI=1S/C11H19N3O/c1-8(2)10(12-4)7-14-11(15)5-9(3)6-13-14/h5-6,8,10,12H,7H2,1-4H3. The topological polar surface area (TPSA) is 46.9 Å². The van der Waals surface area contributed by atoms with Crippen molar-refractivity contribution in [2.75, 3.05) is 7.05 Å². The molecule has 15 heavy (non-hydrogen) atoms. The van der Waals surface area contributed by atoms with Gasteiger partial charge in [-0.2, -0.15) is 5.10 Å². The molecule has 0 fully saturated rings. The molecule has 1 unspecified atom stereocenters. The normalized spacial score (nSPS) is 13.1. The number of rotatable bonds is 4. The maximum Gasteiger partial charge on any atom is 0.267 e. The van der Waals surface area contributed by atoms with Gasteiger partial charge in [0.2, 0.25) is 0 Å². The van der Waals surface area contributed by atoms with Crippen molar-refractivity contribution < 1.29 is 0 Å². The molecule has 1 rings (SSSR count). The first kappa shape index (κ1) is 11.9. The molecular formula is C11H19N3O. The lowest BCUT2D eigenvalue weighted by Gasteiger charge is -2.20. The number of hydrogen-bond acceptors (Lipinski definition) is 3. The first-order valence-corrected chi connectivity index (χ1v) is 5.25. The molecule has 0 aliphatic carbocycles. The summed E-state index contributed by atoms with van der Waals surface area (Å²) in [7, 11) is 1.91. The molecule has 1 atom stereocenters. The Morgan fingerprint density at radius 1 is 1.53 bits per heavy atom. The quantitative estimate of drug-likeness (QED) is 0.797. The Morgan fingerprint density at radius 2 is 2.20 bits per heavy atom. The third kappa shape index (κ3) is 3.16. The van der Waals surface area contributed by atoms with E-state index in [0.29, 0.717) is 12.5 Å². The van der Waals surface area contributed by atoms with Crippen molar-refractivity contribution in [3.63, 3.8) is 0 Å². The average Bonchev–Trinajstić information content (AvgIpc) is 2.16. The van der Waals surface area contributed by atoms with Gasteiger partial charge in [-0.3, -0.25) is 4.79 Å². The third-order valence-corrected chi connectivity index (χ3v) is 2.55. The molecule has 1 aromatic heterocycles. The van der Waals surface area contributed by atoms with Crippen LogP contribution in [0.15, 0.2) is 17.1 Å². The second-order valence-corrected chi connectivity index (χ2v) is 4.19. The Morgan fingerprint density at radius 3 is 2.67 bits per heavy atom. The number of aromatic nitrogens is 2. The summed E-state index contributed by atoms with van der Waals surface area (Å²) < 4.78 is 1.51. The Hall–Kier alpha value is -1.16. The summed E-state index contributed by atoms with van der Waals surface area (Å²) >= 11 is 0. The van der Waals surface area contributed by atoms with Crippen molar-refractivity contribution >= 4 is 0 Å². The van der Waals surface area contributed by atoms with E-state index in [4.69, 9.17) is 0 Å². The van der Waals surface area contributed by atoms with Crippen molar-refractivity contribution in [2.24, 2.45) is 5.92 Å². The van der Waals surface area contributed by atoms with E-state index in [1.54, 1.807) is 12.3 Å². The van der Waals surface area contributed by atoms with Gasteiger partial charge in [0.1, 0.15) is 0 Å². The molecule has 1 heterocycles. The summed E-state index contributed by atoms with van der Waals surface area (Å²) in [6.45, 7) is 6.74. The molecule has 0 aliphatic rings. The molecule has 0 saturated carbocycles. The molecule has 4 heteroatoms. The van der Waals surface area contributed by atoms with E-state index >= 15 is 0 Å². The molecule has 1 aromatic rings. The van der Waals surface area contributed by atoms with E-state index in [1.165, 1.54) is 4.68 Å². The highest BCUT2D eigenvalue weighted by Gasteiger charge is 2.12. The van der Waals surface area contributed by atoms with Gasteiger partial charge in [-0.05, 0) is 25.5 Å². The smallest absolute Gasteiger partial charge is 0.267 e. The third-order valence-electron chi connectivity index (χ3n) is 2.55. The molecule has 84 valence electrons. The van der Waals surface area contributed by atoms with E-state index < -0.39 is 0 Å². The van der Waals surface area contributed by atoms with E-state index in [-0.39, 0.29) is 11.6 Å². The van der Waals surface area contributed by atoms with Crippen molar-refractivity contribution in [3.8, 4) is 0 Å². The highest BCUT2D eigenvalue weighted by molar-refractivity contribution is 5.02. The lowest BCUT2D eigenvalue weighted by molar-refractivity contribution is 0.355. The van der Waals surface area contributed by atoms with Crippen molar-refractivity contribution in [1.82, 2.24) is 15.1 Å². The van der Waals surface area contributed by atoms with Crippen LogP contribution >= 0.6 is 0 Å². The van der Waals surface area contributed by atoms with Crippen LogP contribution < -0.4 is 10.9 Å². The second-order valence-electron chi connectivity index (χ2n) is 4.19. The van der Waals surface area contributed by atoms with Crippen LogP contribution in [0.2, 0.25) is 0 Å². The highest BCUT2D eigenvalue weighted by Crippen LogP contribution is 2.02. The molecule has 1 N–H and O–H groups in total. The number of nitrogens with zero attached hydrogens (tertiary/aromatic N) is 2. The summed E-state index contributed by atoms with van der Waals surface area (Å²) in [5.74, 6) is 0.477. The maximum atomic E-state index is 11.6. The maximum absolute atomic E-state index is 11.6. The van der Waals surface area contributed by atoms with E-state index in [1.807, 2.05) is 14.0 Å². The van der Waals surface area contributed by atoms with Crippen LogP contribution in [0.5, 0.6) is 0 Å². The lowest BCUT2D eigenvalue weighted by Crippen LogP contribution is -2.39. The van der Waals surface area contributed by atoms with Crippen molar-refractivity contribution in [2.45, 2.75) is 33.4 Å². The zero-order chi connectivity index (χ0) is 11.4. The van der Waals surface area contributed by atoms with Crippen LogP contribution in [0.1, 0.15) is 19.4 Å². The van der Waals surface area contributed by atoms with Crippen LogP contribution in [-0.4, -0.2) is 22.9 Å². The summed E-state index contributed by atoms with van der Waals surface area (Å²) in [6, 6.07) is 1.89. The number of aryl methyl sites for hydroxylation is 1. The van der Waals surface area contributed by atoms with Crippen LogP contribution in [-0.2, 0) is 6.54 Å². The number of likely N-dealkylation sites (N-methyl/N-ethyl adjacent to an activating group) is 1. The monoisotopic (exact) mass is 209 g/mol. The SMILES string of the molecule is CNC(Cn1ncc(C)cc1=O)C(C)C. The second kappa shape index (κ2) is 5.07. The van der Waals surface area contributed by atoms with E-state index in [9.17, 15) is 4.79 Å². The first-order valence-electron chi connectivity index (χ1n) is 5.25. The van der Waals surface area contributed by atoms with Gasteiger partial charge in [-0.25, -0.2) is 4.68 Å². The number of hydrogen-bond donors (Lipinski definition) is 1. The Labute approximate surface area is 90.3 Å². The van der Waals surface area contributed by atoms with Crippen LogP contribution in [0.4, 0.5) is 0 Å². The highest BCUT2D eigenvalue weighted by atomic mass is 16.1. The molecule has 0 saturated heterocycles. The molecule has 0 bridgehead atoms. The Balaban J connectivity index is 2.84. The van der Waals surface area contributed by atoms with E-state index in [0.717, 1.165) is 5.56 Å². The van der Waals surface area contributed by atoms with Crippen molar-refractivity contribution in [1.29, 1.82) is 0 Å². The van der Waals surface area contributed by atoms with Gasteiger partial charge < -0.3 is 5.32 Å². The van der Waals surface area contributed by atoms with Gasteiger partial charge in [0, 0.05) is 12.1 Å². The van der Waals surface area contributed by atoms with Gasteiger partial charge in [0.25, 0.3) is 5.56 Å². The van der Waals surface area contributed by atoms with Crippen LogP contribution in [0.25, 0.3) is 0 Å². The fourth-order valence-corrected chi connectivity index (χ4v) is 1.48. The minimum Gasteiger partial charge on any atom is -0.315 e. The predicted molar refractivity (Wildman–Crippen MR) is 60.9 cm³/mol. The summed E-state index contributed by atoms with van der Waals surface area (Å²) in [6.07, 6.45) is 1.72. The van der Waals surface area contributed by atoms with Gasteiger partial charge >= 0.3 is 0 Å². The number of nitrogens with one attached hydrogen (secondary N) is 1. The van der Waals surface area contributed by atoms with Crippen LogP contribution in [0, 0.1) is 12.8 Å². The van der Waals surface area contributed by atoms with Crippen molar-refractivity contribution in [3.05, 3.63) is 28.2 Å².